The summed E-state index contributed by atoms with van der Waals surface area (Å²) in [5.74, 6) is -0.137. The second kappa shape index (κ2) is 31.3. The second-order valence-electron chi connectivity index (χ2n) is 19.1. The third kappa shape index (κ3) is 19.7. The average Bonchev–Trinajstić information content (AvgIpc) is 3.39. The fourth-order valence-corrected chi connectivity index (χ4v) is 12.4. The van der Waals surface area contributed by atoms with Crippen LogP contribution in [0.2, 0.25) is 15.1 Å². The number of aryl methyl sites for hydroxylation is 1. The van der Waals surface area contributed by atoms with Crippen molar-refractivity contribution < 1.29 is 54.8 Å². The molecule has 1 amide bonds. The van der Waals surface area contributed by atoms with Crippen LogP contribution in [-0.2, 0) is 71.0 Å². The molecular formula is C55H73Cl3N4O12S2. The minimum atomic E-state index is -3.73. The molecule has 418 valence electrons. The van der Waals surface area contributed by atoms with Crippen LogP contribution in [0.25, 0.3) is 0 Å². The Bertz CT molecular complexity index is 2530. The molecule has 2 aliphatic rings. The van der Waals surface area contributed by atoms with Gasteiger partial charge in [-0.25, -0.2) is 21.6 Å². The summed E-state index contributed by atoms with van der Waals surface area (Å²) in [6.45, 7) is 9.33. The lowest BCUT2D eigenvalue weighted by atomic mass is 9.84. The van der Waals surface area contributed by atoms with Crippen LogP contribution in [-0.4, -0.2) is 164 Å². The Morgan fingerprint density at radius 2 is 1.04 bits per heavy atom. The number of ether oxygens (including phenoxy) is 6. The maximum Gasteiger partial charge on any atom is 0.240 e. The van der Waals surface area contributed by atoms with Crippen molar-refractivity contribution in [1.82, 2.24) is 19.8 Å². The highest BCUT2D eigenvalue weighted by molar-refractivity contribution is 7.91. The highest BCUT2D eigenvalue weighted by atomic mass is 35.5. The Labute approximate surface area is 464 Å². The smallest absolute Gasteiger partial charge is 0.240 e. The van der Waals surface area contributed by atoms with Crippen molar-refractivity contribution >= 4 is 66.4 Å². The third-order valence-electron chi connectivity index (χ3n) is 13.1. The second-order valence-corrected chi connectivity index (χ2v) is 24.3. The number of sulfonamides is 1. The van der Waals surface area contributed by atoms with Crippen molar-refractivity contribution in [3.8, 4) is 0 Å². The first-order valence-electron chi connectivity index (χ1n) is 25.8. The number of nitrogens with one attached hydrogen (secondary N) is 2. The van der Waals surface area contributed by atoms with Gasteiger partial charge in [-0.1, -0.05) is 65.1 Å². The molecule has 0 spiro atoms. The molecule has 0 bridgehead atoms. The van der Waals surface area contributed by atoms with Gasteiger partial charge in [0.25, 0.3) is 0 Å². The number of likely N-dealkylation sites (N-methyl/N-ethyl adjacent to an activating group) is 2. The Morgan fingerprint density at radius 3 is 1.61 bits per heavy atom. The lowest BCUT2D eigenvalue weighted by molar-refractivity contribution is -0.125. The van der Waals surface area contributed by atoms with Crippen molar-refractivity contribution in [3.05, 3.63) is 127 Å². The summed E-state index contributed by atoms with van der Waals surface area (Å²) in [6, 6.07) is 21.9. The molecule has 4 aromatic rings. The molecule has 2 unspecified atom stereocenters. The zero-order valence-electron chi connectivity index (χ0n) is 43.8. The standard InChI is InChI=1S/C55H73Cl3N4O12S2/c1-40-32-47-49(36-61(2)38-51(47)53(57)33-40)41-7-12-45(13-8-41)75(65,66)31-5-20-70-24-28-73-27-23-69-19-4-6-44(63)11-16-55(64)59-17-21-71-25-29-74-30-26-72-22-18-60-76(67,68)46-14-9-42(10-15-46)50-37-62(3)39-52-48(50)34-43(56)35-54(52)58/h7-10,12-15,32-35,49-50,60H,4-6,11,16-31,36-39H2,1-3H3,(H,59,64). The van der Waals surface area contributed by atoms with Gasteiger partial charge in [0.15, 0.2) is 9.84 Å². The molecule has 6 rings (SSSR count). The van der Waals surface area contributed by atoms with E-state index < -0.39 is 19.9 Å². The van der Waals surface area contributed by atoms with E-state index in [1.165, 1.54) is 5.56 Å². The zero-order valence-corrected chi connectivity index (χ0v) is 47.7. The minimum Gasteiger partial charge on any atom is -0.379 e. The van der Waals surface area contributed by atoms with Crippen LogP contribution < -0.4 is 10.0 Å². The van der Waals surface area contributed by atoms with Gasteiger partial charge < -0.3 is 43.5 Å². The topological polar surface area (TPSA) is 188 Å². The number of amides is 1. The summed E-state index contributed by atoms with van der Waals surface area (Å²) in [5, 5.41) is 4.71. The summed E-state index contributed by atoms with van der Waals surface area (Å²) in [6.07, 6.45) is 1.48. The van der Waals surface area contributed by atoms with Crippen molar-refractivity contribution in [1.29, 1.82) is 0 Å². The van der Waals surface area contributed by atoms with Gasteiger partial charge in [-0.15, -0.1) is 0 Å². The number of sulfone groups is 1. The molecule has 0 aromatic heterocycles. The molecule has 4 aromatic carbocycles. The summed E-state index contributed by atoms with van der Waals surface area (Å²) in [7, 11) is -3.11. The van der Waals surface area contributed by atoms with Crippen LogP contribution >= 0.6 is 34.8 Å². The molecule has 2 heterocycles. The van der Waals surface area contributed by atoms with E-state index in [1.54, 1.807) is 30.3 Å². The Balaban J connectivity index is 0.681. The third-order valence-corrected chi connectivity index (χ3v) is 17.3. The predicted molar refractivity (Wildman–Crippen MR) is 295 cm³/mol. The van der Waals surface area contributed by atoms with Crippen LogP contribution in [0.4, 0.5) is 0 Å². The first kappa shape index (κ1) is 61.6. The lowest BCUT2D eigenvalue weighted by Gasteiger charge is -2.33. The number of Topliss-reactive ketones (excluding diaryl/α,β-unsaturated/α-hetero) is 1. The van der Waals surface area contributed by atoms with E-state index in [-0.39, 0.29) is 66.8 Å². The number of benzene rings is 4. The molecule has 0 saturated heterocycles. The molecule has 2 aliphatic heterocycles. The highest BCUT2D eigenvalue weighted by Crippen LogP contribution is 2.40. The van der Waals surface area contributed by atoms with Gasteiger partial charge >= 0.3 is 0 Å². The Kier molecular flexibility index (Phi) is 25.4. The van der Waals surface area contributed by atoms with Gasteiger partial charge in [-0.3, -0.25) is 9.59 Å². The molecule has 0 radical (unpaired) electrons. The number of halogens is 3. The van der Waals surface area contributed by atoms with Gasteiger partial charge in [-0.2, -0.15) is 0 Å². The molecule has 0 saturated carbocycles. The summed E-state index contributed by atoms with van der Waals surface area (Å²) >= 11 is 19.4. The van der Waals surface area contributed by atoms with E-state index in [1.807, 2.05) is 50.4 Å². The van der Waals surface area contributed by atoms with Crippen molar-refractivity contribution in [2.75, 3.05) is 125 Å². The van der Waals surface area contributed by atoms with Gasteiger partial charge in [-0.05, 0) is 115 Å². The molecule has 2 N–H and O–H groups in total. The van der Waals surface area contributed by atoms with Crippen LogP contribution in [0.5, 0.6) is 0 Å². The summed E-state index contributed by atoms with van der Waals surface area (Å²) in [4.78, 5) is 29.3. The van der Waals surface area contributed by atoms with Crippen molar-refractivity contribution in [2.24, 2.45) is 0 Å². The van der Waals surface area contributed by atoms with Gasteiger partial charge in [0.2, 0.25) is 15.9 Å². The number of hydrogen-bond acceptors (Lipinski definition) is 14. The number of rotatable bonds is 34. The van der Waals surface area contributed by atoms with Gasteiger partial charge in [0, 0.05) is 98.6 Å². The maximum absolute atomic E-state index is 13.0. The monoisotopic (exact) mass is 1150 g/mol. The van der Waals surface area contributed by atoms with Crippen LogP contribution in [0, 0.1) is 6.92 Å². The fourth-order valence-electron chi connectivity index (χ4n) is 9.21. The van der Waals surface area contributed by atoms with Crippen LogP contribution in [0.3, 0.4) is 0 Å². The Hall–Kier alpha value is -3.57. The maximum atomic E-state index is 13.0. The molecule has 76 heavy (non-hydrogen) atoms. The van der Waals surface area contributed by atoms with Crippen molar-refractivity contribution in [3.63, 3.8) is 0 Å². The van der Waals surface area contributed by atoms with Crippen LogP contribution in [0.1, 0.15) is 82.9 Å². The Morgan fingerprint density at radius 1 is 0.566 bits per heavy atom. The number of carbonyl (C=O) groups is 2. The highest BCUT2D eigenvalue weighted by Gasteiger charge is 2.29. The van der Waals surface area contributed by atoms with Gasteiger partial charge in [0.1, 0.15) is 5.78 Å². The van der Waals surface area contributed by atoms with E-state index in [0.29, 0.717) is 113 Å². The minimum absolute atomic E-state index is 0.00507. The van der Waals surface area contributed by atoms with Crippen molar-refractivity contribution in [2.45, 2.75) is 73.7 Å². The van der Waals surface area contributed by atoms with Gasteiger partial charge in [0.05, 0.1) is 81.6 Å². The lowest BCUT2D eigenvalue weighted by Crippen LogP contribution is -2.31. The summed E-state index contributed by atoms with van der Waals surface area (Å²) in [5.41, 5.74) is 7.55. The molecule has 0 fully saturated rings. The number of nitrogens with zero attached hydrogens (tertiary/aromatic N) is 2. The van der Waals surface area contributed by atoms with E-state index >= 15 is 0 Å². The SMILES string of the molecule is Cc1cc(Cl)c2c(c1)C(c1ccc(S(=O)(=O)CCCOCCOCCOCCCC(=O)CCC(=O)NCCOCCOCCOCCNS(=O)(=O)c3ccc(C4CN(C)Cc5c(Cl)cc(Cl)cc54)cc3)cc1)CN(C)C2. The first-order chi connectivity index (χ1) is 36.5. The molecule has 21 heteroatoms. The van der Waals surface area contributed by atoms with E-state index in [9.17, 15) is 26.4 Å². The predicted octanol–water partition coefficient (Wildman–Crippen LogP) is 7.60. The van der Waals surface area contributed by atoms with E-state index in [2.05, 4.69) is 33.0 Å². The first-order valence-corrected chi connectivity index (χ1v) is 30.1. The quantitative estimate of drug-likeness (QED) is 0.0435. The molecule has 0 aliphatic carbocycles. The molecule has 16 nitrogen and oxygen atoms in total. The normalized spacial score (nSPS) is 16.1. The average molecular weight is 1150 g/mol. The summed E-state index contributed by atoms with van der Waals surface area (Å²) < 4.78 is 87.7. The van der Waals surface area contributed by atoms with Crippen LogP contribution in [0.15, 0.2) is 82.6 Å². The van der Waals surface area contributed by atoms with E-state index in [4.69, 9.17) is 63.2 Å². The number of ketones is 1. The fraction of sp³-hybridized carbons (Fsp3) is 0.527. The number of fused-ring (bicyclic) bond motifs is 2. The molecular weight excluding hydrogens is 1080 g/mol. The number of hydrogen-bond donors (Lipinski definition) is 2. The molecule has 2 atom stereocenters. The largest absolute Gasteiger partial charge is 0.379 e. The number of carbonyl (C=O) groups excluding carboxylic acids is 2. The van der Waals surface area contributed by atoms with E-state index in [0.717, 1.165) is 58.0 Å². The zero-order chi connectivity index (χ0) is 54.5.